The van der Waals surface area contributed by atoms with Gasteiger partial charge in [0.1, 0.15) is 41.8 Å². The summed E-state index contributed by atoms with van der Waals surface area (Å²) in [5.74, 6) is -3.35. The molecule has 2 bridgehead atoms. The Labute approximate surface area is 300 Å². The van der Waals surface area contributed by atoms with Gasteiger partial charge >= 0.3 is 11.9 Å². The zero-order valence-corrected chi connectivity index (χ0v) is 30.5. The van der Waals surface area contributed by atoms with Crippen molar-refractivity contribution in [3.05, 3.63) is 82.7 Å². The molecule has 3 fully saturated rings. The second kappa shape index (κ2) is 15.1. The Morgan fingerprint density at radius 2 is 1.86 bits per heavy atom. The fourth-order valence-corrected chi connectivity index (χ4v) is 8.51. The van der Waals surface area contributed by atoms with Gasteiger partial charge in [-0.15, -0.1) is 0 Å². The number of carbonyl (C=O) groups is 2. The monoisotopic (exact) mass is 708 g/mol. The standard InChI is InChI=1S/C41H53FO9/c1-7-23(2)36-26(5)17-18-40(51-36)21-32-20-31(50-40)16-11-25(4)35(49-38(44)28-12-14-30(42)15-13-28)24(3)9-8-10-29-22-47-37-34(43)27(6)19-33(39(45)48-32)41(29,37)46/h8-15,19,23-24,26,31-37,43,46H,7,16-18,20-22H2,1-6H3/b9-8+,25-11+,29-10+/t23-,24-,26-,31+,32-,33-,34+,35-,36+,37+,40+,41+/m0/s1. The zero-order valence-electron chi connectivity index (χ0n) is 30.5. The van der Waals surface area contributed by atoms with E-state index in [9.17, 15) is 24.2 Å². The third-order valence-electron chi connectivity index (χ3n) is 11.8. The molecule has 4 heterocycles. The van der Waals surface area contributed by atoms with Gasteiger partial charge in [-0.05, 0) is 79.5 Å². The van der Waals surface area contributed by atoms with Crippen LogP contribution in [0, 0.1) is 29.5 Å². The number of carbonyl (C=O) groups excluding carboxylic acids is 2. The maximum Gasteiger partial charge on any atom is 0.338 e. The van der Waals surface area contributed by atoms with Gasteiger partial charge in [-0.25, -0.2) is 9.18 Å². The van der Waals surface area contributed by atoms with E-state index in [-0.39, 0.29) is 30.3 Å². The van der Waals surface area contributed by atoms with Crippen LogP contribution in [0.4, 0.5) is 4.39 Å². The molecule has 10 heteroatoms. The minimum Gasteiger partial charge on any atom is -0.462 e. The third kappa shape index (κ3) is 7.53. The first-order chi connectivity index (χ1) is 24.2. The topological polar surface area (TPSA) is 121 Å². The molecule has 6 rings (SSSR count). The lowest BCUT2D eigenvalue weighted by atomic mass is 9.71. The molecule has 51 heavy (non-hydrogen) atoms. The van der Waals surface area contributed by atoms with E-state index in [0.29, 0.717) is 48.7 Å². The van der Waals surface area contributed by atoms with Crippen molar-refractivity contribution >= 4 is 11.9 Å². The summed E-state index contributed by atoms with van der Waals surface area (Å²) in [6.45, 7) is 12.1. The van der Waals surface area contributed by atoms with Gasteiger partial charge in [0.25, 0.3) is 0 Å². The van der Waals surface area contributed by atoms with Gasteiger partial charge in [0.15, 0.2) is 5.79 Å². The van der Waals surface area contributed by atoms with E-state index in [1.54, 1.807) is 25.2 Å². The molecular weight excluding hydrogens is 655 g/mol. The number of allylic oxidation sites excluding steroid dienone is 2. The van der Waals surface area contributed by atoms with Gasteiger partial charge in [0.2, 0.25) is 0 Å². The van der Waals surface area contributed by atoms with Gasteiger partial charge in [-0.1, -0.05) is 64.5 Å². The average Bonchev–Trinajstić information content (AvgIpc) is 3.44. The molecule has 278 valence electrons. The molecule has 5 aliphatic rings. The summed E-state index contributed by atoms with van der Waals surface area (Å²) >= 11 is 0. The van der Waals surface area contributed by atoms with E-state index in [0.717, 1.165) is 18.4 Å². The van der Waals surface area contributed by atoms with Crippen LogP contribution in [0.2, 0.25) is 0 Å². The van der Waals surface area contributed by atoms with Crippen LogP contribution in [0.25, 0.3) is 0 Å². The maximum atomic E-state index is 14.2. The Balaban J connectivity index is 1.39. The van der Waals surface area contributed by atoms with Crippen molar-refractivity contribution in [2.24, 2.45) is 23.7 Å². The highest BCUT2D eigenvalue weighted by Crippen LogP contribution is 2.48. The smallest absolute Gasteiger partial charge is 0.338 e. The largest absolute Gasteiger partial charge is 0.462 e. The van der Waals surface area contributed by atoms with Crippen LogP contribution < -0.4 is 0 Å². The molecule has 0 unspecified atom stereocenters. The Hall–Kier alpha value is -3.15. The molecule has 1 spiro atoms. The molecular formula is C41H53FO9. The van der Waals surface area contributed by atoms with Crippen molar-refractivity contribution in [2.75, 3.05) is 6.61 Å². The van der Waals surface area contributed by atoms with Crippen molar-refractivity contribution < 1.29 is 47.9 Å². The summed E-state index contributed by atoms with van der Waals surface area (Å²) in [5, 5.41) is 23.4. The second-order valence-corrected chi connectivity index (χ2v) is 15.5. The summed E-state index contributed by atoms with van der Waals surface area (Å²) < 4.78 is 45.7. The Morgan fingerprint density at radius 3 is 2.59 bits per heavy atom. The predicted octanol–water partition coefficient (Wildman–Crippen LogP) is 6.54. The van der Waals surface area contributed by atoms with Crippen LogP contribution in [0.3, 0.4) is 0 Å². The van der Waals surface area contributed by atoms with E-state index in [2.05, 4.69) is 20.8 Å². The molecule has 0 saturated carbocycles. The zero-order chi connectivity index (χ0) is 36.7. The number of fused-ring (bicyclic) bond motifs is 2. The summed E-state index contributed by atoms with van der Waals surface area (Å²) in [4.78, 5) is 27.5. The fourth-order valence-electron chi connectivity index (χ4n) is 8.51. The van der Waals surface area contributed by atoms with Crippen LogP contribution in [0.1, 0.15) is 90.4 Å². The van der Waals surface area contributed by atoms with E-state index < -0.39 is 59.5 Å². The number of halogens is 1. The minimum absolute atomic E-state index is 0.00917. The molecule has 1 aliphatic carbocycles. The number of esters is 2. The molecule has 4 aliphatic heterocycles. The van der Waals surface area contributed by atoms with Crippen molar-refractivity contribution in [3.63, 3.8) is 0 Å². The van der Waals surface area contributed by atoms with Crippen molar-refractivity contribution in [3.8, 4) is 0 Å². The molecule has 0 aromatic heterocycles. The van der Waals surface area contributed by atoms with E-state index in [4.69, 9.17) is 23.7 Å². The molecule has 1 aromatic rings. The van der Waals surface area contributed by atoms with Crippen molar-refractivity contribution in [1.29, 1.82) is 0 Å². The van der Waals surface area contributed by atoms with Gasteiger partial charge < -0.3 is 33.9 Å². The number of ether oxygens (including phenoxy) is 5. The summed E-state index contributed by atoms with van der Waals surface area (Å²) in [6.07, 6.45) is 8.83. The predicted molar refractivity (Wildman–Crippen MR) is 188 cm³/mol. The summed E-state index contributed by atoms with van der Waals surface area (Å²) in [7, 11) is 0. The Morgan fingerprint density at radius 1 is 1.12 bits per heavy atom. The highest BCUT2D eigenvalue weighted by Gasteiger charge is 2.60. The van der Waals surface area contributed by atoms with E-state index >= 15 is 0 Å². The van der Waals surface area contributed by atoms with Crippen LogP contribution in [0.5, 0.6) is 0 Å². The van der Waals surface area contributed by atoms with Gasteiger partial charge in [-0.3, -0.25) is 4.79 Å². The van der Waals surface area contributed by atoms with Gasteiger partial charge in [0, 0.05) is 25.2 Å². The number of rotatable bonds is 4. The lowest BCUT2D eigenvalue weighted by Crippen LogP contribution is -2.58. The minimum atomic E-state index is -1.84. The van der Waals surface area contributed by atoms with Crippen LogP contribution in [0.15, 0.2) is 71.4 Å². The SMILES string of the molecule is CC[C@H](C)[C@H]1O[C@]2(CC[C@@H]1C)C[C@@H]1C[C@@H](C/C=C(\C)[C@@H](OC(=O)c3ccc(F)cc3)[C@@H](C)/C=C/C=C3\CO[C@@H]4[C@H](O)C(C)=C[C@@H](C(=O)O1)[C@]34O)O2. The fraction of sp³-hybridized carbons (Fsp3) is 0.610. The van der Waals surface area contributed by atoms with Crippen molar-refractivity contribution in [2.45, 2.75) is 128 Å². The average molecular weight is 709 g/mol. The lowest BCUT2D eigenvalue weighted by molar-refractivity contribution is -0.340. The molecule has 12 atom stereocenters. The quantitative estimate of drug-likeness (QED) is 0.266. The first-order valence-electron chi connectivity index (χ1n) is 18.5. The number of benzene rings is 1. The lowest BCUT2D eigenvalue weighted by Gasteiger charge is -2.51. The number of aliphatic hydroxyl groups excluding tert-OH is 1. The first-order valence-corrected chi connectivity index (χ1v) is 18.5. The number of hydrogen-bond donors (Lipinski definition) is 2. The highest BCUT2D eigenvalue weighted by atomic mass is 19.1. The molecule has 2 N–H and O–H groups in total. The summed E-state index contributed by atoms with van der Waals surface area (Å²) in [5.41, 5.74) is 0.153. The molecule has 0 amide bonds. The van der Waals surface area contributed by atoms with E-state index in [1.165, 1.54) is 24.3 Å². The maximum absolute atomic E-state index is 14.2. The van der Waals surface area contributed by atoms with Crippen LogP contribution in [-0.4, -0.2) is 76.8 Å². The molecule has 3 saturated heterocycles. The van der Waals surface area contributed by atoms with Crippen LogP contribution >= 0.6 is 0 Å². The van der Waals surface area contributed by atoms with E-state index in [1.807, 2.05) is 26.0 Å². The second-order valence-electron chi connectivity index (χ2n) is 15.5. The Bertz CT molecular complexity index is 1580. The Kier molecular flexibility index (Phi) is 11.1. The van der Waals surface area contributed by atoms with Gasteiger partial charge in [0.05, 0.1) is 24.4 Å². The first kappa shape index (κ1) is 37.6. The molecule has 9 nitrogen and oxygen atoms in total. The van der Waals surface area contributed by atoms with Crippen LogP contribution in [-0.2, 0) is 28.5 Å². The van der Waals surface area contributed by atoms with Gasteiger partial charge in [-0.2, -0.15) is 0 Å². The highest BCUT2D eigenvalue weighted by molar-refractivity contribution is 5.89. The number of aliphatic hydroxyl groups is 2. The normalized spacial score (nSPS) is 41.9. The third-order valence-corrected chi connectivity index (χ3v) is 11.8. The van der Waals surface area contributed by atoms with Crippen molar-refractivity contribution in [1.82, 2.24) is 0 Å². The molecule has 0 radical (unpaired) electrons. The summed E-state index contributed by atoms with van der Waals surface area (Å²) in [6, 6.07) is 5.24. The molecule has 1 aromatic carbocycles. The number of hydrogen-bond acceptors (Lipinski definition) is 9.